The van der Waals surface area contributed by atoms with Crippen molar-refractivity contribution in [3.63, 3.8) is 0 Å². The average molecular weight is 621 g/mol. The highest BCUT2D eigenvalue weighted by molar-refractivity contribution is 7.89. The minimum absolute atomic E-state index is 0.00707. The second-order valence-electron chi connectivity index (χ2n) is 11.2. The van der Waals surface area contributed by atoms with Crippen LogP contribution in [0.3, 0.4) is 0 Å². The first kappa shape index (κ1) is 30.0. The molecule has 0 bridgehead atoms. The summed E-state index contributed by atoms with van der Waals surface area (Å²) >= 11 is 0. The molecule has 2 aliphatic rings. The highest BCUT2D eigenvalue weighted by Gasteiger charge is 2.36. The summed E-state index contributed by atoms with van der Waals surface area (Å²) in [5.74, 6) is -0.545. The smallest absolute Gasteiger partial charge is 0.251 e. The van der Waals surface area contributed by atoms with Crippen LogP contribution in [0.2, 0.25) is 0 Å². The van der Waals surface area contributed by atoms with Crippen LogP contribution in [0.5, 0.6) is 0 Å². The minimum Gasteiger partial charge on any atom is -0.467 e. The Labute approximate surface area is 255 Å². The molecule has 44 heavy (non-hydrogen) atoms. The van der Waals surface area contributed by atoms with E-state index in [1.807, 2.05) is 18.2 Å². The van der Waals surface area contributed by atoms with Gasteiger partial charge >= 0.3 is 0 Å². The molecule has 2 amide bonds. The van der Waals surface area contributed by atoms with Crippen molar-refractivity contribution in [3.05, 3.63) is 72.7 Å². The maximum Gasteiger partial charge on any atom is 0.251 e. The van der Waals surface area contributed by atoms with Gasteiger partial charge in [0, 0.05) is 24.9 Å². The Morgan fingerprint density at radius 3 is 2.50 bits per heavy atom. The molecule has 2 N–H and O–H groups in total. The Morgan fingerprint density at radius 2 is 1.77 bits per heavy atom. The van der Waals surface area contributed by atoms with Crippen LogP contribution in [0.15, 0.2) is 76.2 Å². The van der Waals surface area contributed by atoms with E-state index < -0.39 is 22.0 Å². The van der Waals surface area contributed by atoms with Gasteiger partial charge in [-0.05, 0) is 74.2 Å². The van der Waals surface area contributed by atoms with Gasteiger partial charge in [-0.2, -0.15) is 0 Å². The van der Waals surface area contributed by atoms with E-state index in [0.717, 1.165) is 44.9 Å². The first-order valence-corrected chi connectivity index (χ1v) is 16.5. The summed E-state index contributed by atoms with van der Waals surface area (Å²) in [6.45, 7) is 0.598. The molecule has 12 nitrogen and oxygen atoms in total. The molecule has 1 saturated heterocycles. The maximum atomic E-state index is 14.2. The summed E-state index contributed by atoms with van der Waals surface area (Å²) in [5.41, 5.74) is 1.63. The molecule has 2 atom stereocenters. The number of ether oxygens (including phenoxy) is 1. The Hall–Kier alpha value is -4.07. The van der Waals surface area contributed by atoms with Gasteiger partial charge in [0.25, 0.3) is 5.91 Å². The van der Waals surface area contributed by atoms with Gasteiger partial charge in [-0.1, -0.05) is 36.6 Å². The van der Waals surface area contributed by atoms with E-state index in [-0.39, 0.29) is 41.8 Å². The lowest BCUT2D eigenvalue weighted by Crippen LogP contribution is -2.48. The Balaban J connectivity index is 1.33. The van der Waals surface area contributed by atoms with E-state index in [0.29, 0.717) is 23.3 Å². The quantitative estimate of drug-likeness (QED) is 0.258. The average Bonchev–Trinajstić information content (AvgIpc) is 3.83. The SMILES string of the molecule is O=C(NC1CCCCC1)[C@@H](c1ccco1)N(C(=O)Cn1nnc2ccccc21)c1ccc(S(=O)(=O)NC[C@H]2CCCO2)cc1. The van der Waals surface area contributed by atoms with Crippen LogP contribution in [0, 0.1) is 0 Å². The standard InChI is InChI=1S/C31H36N6O6S/c38-29(21-36-27-12-5-4-11-26(27)34-35-36)37(30(28-13-7-19-43-28)31(39)33-22-8-2-1-3-9-22)23-14-16-25(17-15-23)44(40,41)32-20-24-10-6-18-42-24/h4-5,7,11-17,19,22,24,30,32H,1-3,6,8-10,18,20-21H2,(H,33,39)/t24-,30-/m1/s1. The zero-order chi connectivity index (χ0) is 30.5. The topological polar surface area (TPSA) is 149 Å². The zero-order valence-corrected chi connectivity index (χ0v) is 25.1. The lowest BCUT2D eigenvalue weighted by Gasteiger charge is -2.32. The van der Waals surface area contributed by atoms with Crippen molar-refractivity contribution >= 4 is 38.6 Å². The molecule has 13 heteroatoms. The summed E-state index contributed by atoms with van der Waals surface area (Å²) in [6, 6.07) is 15.4. The number of fused-ring (bicyclic) bond motifs is 1. The fourth-order valence-electron chi connectivity index (χ4n) is 5.90. The molecule has 2 aromatic carbocycles. The number of benzene rings is 2. The third-order valence-electron chi connectivity index (χ3n) is 8.19. The van der Waals surface area contributed by atoms with Crippen LogP contribution in [-0.2, 0) is 30.9 Å². The Morgan fingerprint density at radius 1 is 0.977 bits per heavy atom. The van der Waals surface area contributed by atoms with Crippen molar-refractivity contribution in [2.24, 2.45) is 0 Å². The highest BCUT2D eigenvalue weighted by Crippen LogP contribution is 2.31. The summed E-state index contributed by atoms with van der Waals surface area (Å²) in [6.07, 6.45) is 7.91. The molecule has 4 aromatic rings. The van der Waals surface area contributed by atoms with E-state index in [4.69, 9.17) is 9.15 Å². The number of nitrogens with zero attached hydrogens (tertiary/aromatic N) is 4. The number of carbonyl (C=O) groups excluding carboxylic acids is 2. The third kappa shape index (κ3) is 6.69. The molecule has 2 aromatic heterocycles. The minimum atomic E-state index is -3.83. The highest BCUT2D eigenvalue weighted by atomic mass is 32.2. The van der Waals surface area contributed by atoms with Crippen molar-refractivity contribution < 1.29 is 27.2 Å². The number of anilines is 1. The van der Waals surface area contributed by atoms with E-state index in [1.165, 1.54) is 40.1 Å². The van der Waals surface area contributed by atoms with Gasteiger partial charge in [0.05, 0.1) is 22.8 Å². The first-order chi connectivity index (χ1) is 21.4. The monoisotopic (exact) mass is 620 g/mol. The second-order valence-corrected chi connectivity index (χ2v) is 13.0. The number of furan rings is 1. The molecule has 1 aliphatic heterocycles. The molecular weight excluding hydrogens is 584 g/mol. The molecule has 6 rings (SSSR count). The Bertz CT molecular complexity index is 1680. The lowest BCUT2D eigenvalue weighted by atomic mass is 9.95. The van der Waals surface area contributed by atoms with Crippen molar-refractivity contribution in [1.82, 2.24) is 25.0 Å². The van der Waals surface area contributed by atoms with Crippen LogP contribution < -0.4 is 14.9 Å². The van der Waals surface area contributed by atoms with Crippen LogP contribution in [0.1, 0.15) is 56.7 Å². The van der Waals surface area contributed by atoms with E-state index in [9.17, 15) is 18.0 Å². The third-order valence-corrected chi connectivity index (χ3v) is 9.63. The fraction of sp³-hybridized carbons (Fsp3) is 0.419. The maximum absolute atomic E-state index is 14.2. The number of aromatic nitrogens is 3. The number of hydrogen-bond donors (Lipinski definition) is 2. The van der Waals surface area contributed by atoms with Gasteiger partial charge in [-0.15, -0.1) is 5.10 Å². The van der Waals surface area contributed by atoms with Gasteiger partial charge in [0.15, 0.2) is 6.04 Å². The van der Waals surface area contributed by atoms with Crippen LogP contribution in [0.4, 0.5) is 5.69 Å². The molecule has 0 spiro atoms. The normalized spacial score (nSPS) is 18.3. The molecular formula is C31H36N6O6S. The van der Waals surface area contributed by atoms with Crippen molar-refractivity contribution in [2.75, 3.05) is 18.1 Å². The number of hydrogen-bond acceptors (Lipinski definition) is 8. The number of sulfonamides is 1. The molecule has 3 heterocycles. The summed E-state index contributed by atoms with van der Waals surface area (Å²) < 4.78 is 41.4. The predicted octanol–water partition coefficient (Wildman–Crippen LogP) is 3.71. The van der Waals surface area contributed by atoms with Gasteiger partial charge in [-0.25, -0.2) is 17.8 Å². The van der Waals surface area contributed by atoms with Crippen molar-refractivity contribution in [1.29, 1.82) is 0 Å². The van der Waals surface area contributed by atoms with Gasteiger partial charge in [0.1, 0.15) is 17.8 Å². The number of amides is 2. The van der Waals surface area contributed by atoms with Gasteiger partial charge < -0.3 is 14.5 Å². The zero-order valence-electron chi connectivity index (χ0n) is 24.3. The summed E-state index contributed by atoms with van der Waals surface area (Å²) in [4.78, 5) is 29.5. The molecule has 0 unspecified atom stereocenters. The number of para-hydroxylation sites is 1. The Kier molecular flexibility index (Phi) is 9.05. The van der Waals surface area contributed by atoms with Crippen molar-refractivity contribution in [3.8, 4) is 0 Å². The number of rotatable bonds is 11. The molecule has 0 radical (unpaired) electrons. The van der Waals surface area contributed by atoms with E-state index in [2.05, 4.69) is 20.4 Å². The number of nitrogens with one attached hydrogen (secondary N) is 2. The fourth-order valence-corrected chi connectivity index (χ4v) is 6.97. The first-order valence-electron chi connectivity index (χ1n) is 15.0. The van der Waals surface area contributed by atoms with E-state index >= 15 is 0 Å². The summed E-state index contributed by atoms with van der Waals surface area (Å²) in [7, 11) is -3.83. The molecule has 232 valence electrons. The largest absolute Gasteiger partial charge is 0.467 e. The molecule has 1 aliphatic carbocycles. The molecule has 2 fully saturated rings. The van der Waals surface area contributed by atoms with E-state index in [1.54, 1.807) is 18.2 Å². The van der Waals surface area contributed by atoms with Crippen molar-refractivity contribution in [2.45, 2.75) is 74.6 Å². The second kappa shape index (κ2) is 13.3. The van der Waals surface area contributed by atoms with Crippen LogP contribution in [0.25, 0.3) is 11.0 Å². The molecule has 1 saturated carbocycles. The van der Waals surface area contributed by atoms with Crippen LogP contribution in [-0.4, -0.2) is 60.5 Å². The van der Waals surface area contributed by atoms with Gasteiger partial charge in [-0.3, -0.25) is 14.5 Å². The predicted molar refractivity (Wildman–Crippen MR) is 162 cm³/mol. The summed E-state index contributed by atoms with van der Waals surface area (Å²) in [5, 5.41) is 11.5. The van der Waals surface area contributed by atoms with Crippen LogP contribution >= 0.6 is 0 Å². The lowest BCUT2D eigenvalue weighted by molar-refractivity contribution is -0.128. The van der Waals surface area contributed by atoms with Gasteiger partial charge in [0.2, 0.25) is 15.9 Å². The number of carbonyl (C=O) groups is 2.